The fourth-order valence-corrected chi connectivity index (χ4v) is 2.26. The zero-order chi connectivity index (χ0) is 13.7. The van der Waals surface area contributed by atoms with Gasteiger partial charge in [0.2, 0.25) is 0 Å². The highest BCUT2D eigenvalue weighted by Gasteiger charge is 2.17. The van der Waals surface area contributed by atoms with Crippen LogP contribution in [0.3, 0.4) is 0 Å². The van der Waals surface area contributed by atoms with Gasteiger partial charge in [0, 0.05) is 32.0 Å². The molecule has 104 valence electrons. The Labute approximate surface area is 113 Å². The zero-order valence-electron chi connectivity index (χ0n) is 11.4. The Bertz CT molecular complexity index is 444. The van der Waals surface area contributed by atoms with Gasteiger partial charge in [-0.1, -0.05) is 6.07 Å². The van der Waals surface area contributed by atoms with E-state index in [9.17, 15) is 4.79 Å². The van der Waals surface area contributed by atoms with Crippen LogP contribution in [0, 0.1) is 0 Å². The molecule has 1 amide bonds. The van der Waals surface area contributed by atoms with E-state index in [0.717, 1.165) is 36.2 Å². The number of nitrogens with one attached hydrogen (secondary N) is 2. The molecule has 1 aliphatic heterocycles. The first kappa shape index (κ1) is 13.8. The maximum absolute atomic E-state index is 12.2. The van der Waals surface area contributed by atoms with Crippen LogP contribution in [-0.4, -0.2) is 39.5 Å². The topological polar surface area (TPSA) is 59.6 Å². The van der Waals surface area contributed by atoms with Crippen LogP contribution in [0.1, 0.15) is 22.3 Å². The second kappa shape index (κ2) is 6.54. The third kappa shape index (κ3) is 3.24. The Morgan fingerprint density at radius 2 is 2.21 bits per heavy atom. The monoisotopic (exact) mass is 264 g/mol. The summed E-state index contributed by atoms with van der Waals surface area (Å²) in [5.41, 5.74) is 2.89. The minimum Gasteiger partial charge on any atom is -0.385 e. The molecule has 0 atom stereocenters. The Morgan fingerprint density at radius 3 is 2.95 bits per heavy atom. The summed E-state index contributed by atoms with van der Waals surface area (Å²) in [5.74, 6) is -0.0837. The van der Waals surface area contributed by atoms with Crippen molar-refractivity contribution in [1.29, 1.82) is 0 Å². The zero-order valence-corrected chi connectivity index (χ0v) is 11.4. The van der Waals surface area contributed by atoms with Crippen molar-refractivity contribution in [3.05, 3.63) is 29.3 Å². The summed E-state index contributed by atoms with van der Waals surface area (Å²) in [4.78, 5) is 12.2. The van der Waals surface area contributed by atoms with Crippen LogP contribution in [0.25, 0.3) is 0 Å². The van der Waals surface area contributed by atoms with Crippen molar-refractivity contribution < 1.29 is 14.3 Å². The lowest BCUT2D eigenvalue weighted by atomic mass is 9.97. The van der Waals surface area contributed by atoms with Crippen molar-refractivity contribution in [3.63, 3.8) is 0 Å². The molecule has 0 unspecified atom stereocenters. The van der Waals surface area contributed by atoms with Gasteiger partial charge in [0.15, 0.2) is 6.29 Å². The summed E-state index contributed by atoms with van der Waals surface area (Å²) in [5, 5.41) is 6.15. The minimum absolute atomic E-state index is 0.0837. The summed E-state index contributed by atoms with van der Waals surface area (Å²) >= 11 is 0. The quantitative estimate of drug-likeness (QED) is 0.789. The summed E-state index contributed by atoms with van der Waals surface area (Å²) in [7, 11) is 3.10. The van der Waals surface area contributed by atoms with E-state index in [0.29, 0.717) is 6.54 Å². The Hall–Kier alpha value is -1.59. The molecule has 0 aliphatic carbocycles. The molecule has 2 rings (SSSR count). The highest BCUT2D eigenvalue weighted by molar-refractivity contribution is 5.97. The smallest absolute Gasteiger partial charge is 0.251 e. The molecule has 1 aromatic rings. The number of hydrogen-bond donors (Lipinski definition) is 2. The number of rotatable bonds is 5. The Kier molecular flexibility index (Phi) is 4.76. The first-order valence-electron chi connectivity index (χ1n) is 6.45. The van der Waals surface area contributed by atoms with Gasteiger partial charge in [-0.15, -0.1) is 0 Å². The van der Waals surface area contributed by atoms with Crippen LogP contribution in [-0.2, 0) is 15.9 Å². The summed E-state index contributed by atoms with van der Waals surface area (Å²) in [6, 6.07) is 5.77. The number of amides is 1. The highest BCUT2D eigenvalue weighted by atomic mass is 16.7. The van der Waals surface area contributed by atoms with E-state index in [-0.39, 0.29) is 5.91 Å². The van der Waals surface area contributed by atoms with Gasteiger partial charge in [0.05, 0.1) is 6.54 Å². The van der Waals surface area contributed by atoms with E-state index in [1.165, 1.54) is 0 Å². The SMILES string of the molecule is COC(CNC(=O)c1cccc2c1CCCN2)OC. The molecule has 0 radical (unpaired) electrons. The van der Waals surface area contributed by atoms with E-state index in [4.69, 9.17) is 9.47 Å². The second-order valence-electron chi connectivity index (χ2n) is 4.47. The lowest BCUT2D eigenvalue weighted by Crippen LogP contribution is -2.34. The molecular weight excluding hydrogens is 244 g/mol. The van der Waals surface area contributed by atoms with E-state index in [1.807, 2.05) is 18.2 Å². The van der Waals surface area contributed by atoms with Crippen LogP contribution < -0.4 is 10.6 Å². The molecule has 1 aliphatic rings. The largest absolute Gasteiger partial charge is 0.385 e. The molecular formula is C14H20N2O3. The van der Waals surface area contributed by atoms with Crippen molar-refractivity contribution in [2.75, 3.05) is 32.6 Å². The maximum atomic E-state index is 12.2. The van der Waals surface area contributed by atoms with Crippen molar-refractivity contribution in [3.8, 4) is 0 Å². The fraction of sp³-hybridized carbons (Fsp3) is 0.500. The predicted octanol–water partition coefficient (Wildman–Crippen LogP) is 1.39. The van der Waals surface area contributed by atoms with Crippen LogP contribution in [0.5, 0.6) is 0 Å². The minimum atomic E-state index is -0.415. The average Bonchev–Trinajstić information content (AvgIpc) is 2.47. The molecule has 0 saturated heterocycles. The first-order chi connectivity index (χ1) is 9.26. The van der Waals surface area contributed by atoms with E-state index >= 15 is 0 Å². The normalized spacial score (nSPS) is 13.8. The lowest BCUT2D eigenvalue weighted by molar-refractivity contribution is -0.0974. The molecule has 0 spiro atoms. The summed E-state index contributed by atoms with van der Waals surface area (Å²) in [6.07, 6.45) is 1.57. The Morgan fingerprint density at radius 1 is 1.42 bits per heavy atom. The molecule has 0 saturated carbocycles. The number of methoxy groups -OCH3 is 2. The van der Waals surface area contributed by atoms with Gasteiger partial charge in [-0.2, -0.15) is 0 Å². The second-order valence-corrected chi connectivity index (χ2v) is 4.47. The number of carbonyl (C=O) groups is 1. The number of ether oxygens (including phenoxy) is 2. The number of benzene rings is 1. The lowest BCUT2D eigenvalue weighted by Gasteiger charge is -2.21. The molecule has 0 bridgehead atoms. The van der Waals surface area contributed by atoms with Crippen LogP contribution in [0.2, 0.25) is 0 Å². The van der Waals surface area contributed by atoms with Crippen molar-refractivity contribution >= 4 is 11.6 Å². The average molecular weight is 264 g/mol. The standard InChI is InChI=1S/C14H20N2O3/c1-18-13(19-2)9-16-14(17)11-5-3-7-12-10(11)6-4-8-15-12/h3,5,7,13,15H,4,6,8-9H2,1-2H3,(H,16,17). The van der Waals surface area contributed by atoms with E-state index in [1.54, 1.807) is 14.2 Å². The first-order valence-corrected chi connectivity index (χ1v) is 6.45. The van der Waals surface area contributed by atoms with Gasteiger partial charge >= 0.3 is 0 Å². The molecule has 1 aromatic carbocycles. The van der Waals surface area contributed by atoms with Gasteiger partial charge in [0.25, 0.3) is 5.91 Å². The van der Waals surface area contributed by atoms with Crippen LogP contribution in [0.15, 0.2) is 18.2 Å². The summed E-state index contributed by atoms with van der Waals surface area (Å²) < 4.78 is 10.1. The number of fused-ring (bicyclic) bond motifs is 1. The Balaban J connectivity index is 2.07. The van der Waals surface area contributed by atoms with Gasteiger partial charge in [0.1, 0.15) is 0 Å². The predicted molar refractivity (Wildman–Crippen MR) is 73.4 cm³/mol. The van der Waals surface area contributed by atoms with E-state index < -0.39 is 6.29 Å². The third-order valence-corrected chi connectivity index (χ3v) is 3.29. The summed E-state index contributed by atoms with van der Waals surface area (Å²) in [6.45, 7) is 1.30. The van der Waals surface area contributed by atoms with Crippen molar-refractivity contribution in [2.45, 2.75) is 19.1 Å². The molecule has 1 heterocycles. The van der Waals surface area contributed by atoms with Gasteiger partial charge < -0.3 is 20.1 Å². The van der Waals surface area contributed by atoms with Crippen molar-refractivity contribution in [2.24, 2.45) is 0 Å². The third-order valence-electron chi connectivity index (χ3n) is 3.29. The molecule has 5 heteroatoms. The van der Waals surface area contributed by atoms with Gasteiger partial charge in [-0.05, 0) is 30.5 Å². The molecule has 0 aromatic heterocycles. The molecule has 0 fully saturated rings. The number of anilines is 1. The van der Waals surface area contributed by atoms with E-state index in [2.05, 4.69) is 10.6 Å². The van der Waals surface area contributed by atoms with Gasteiger partial charge in [-0.3, -0.25) is 4.79 Å². The highest BCUT2D eigenvalue weighted by Crippen LogP contribution is 2.25. The maximum Gasteiger partial charge on any atom is 0.251 e. The van der Waals surface area contributed by atoms with Crippen LogP contribution >= 0.6 is 0 Å². The number of hydrogen-bond acceptors (Lipinski definition) is 4. The van der Waals surface area contributed by atoms with Gasteiger partial charge in [-0.25, -0.2) is 0 Å². The molecule has 2 N–H and O–H groups in total. The fourth-order valence-electron chi connectivity index (χ4n) is 2.26. The molecule has 5 nitrogen and oxygen atoms in total. The van der Waals surface area contributed by atoms with Crippen molar-refractivity contribution in [1.82, 2.24) is 5.32 Å². The molecule has 19 heavy (non-hydrogen) atoms. The van der Waals surface area contributed by atoms with Crippen LogP contribution in [0.4, 0.5) is 5.69 Å². The number of carbonyl (C=O) groups excluding carboxylic acids is 1.